The largest absolute Gasteiger partial charge is 0.451 e. The molecule has 0 bridgehead atoms. The van der Waals surface area contributed by atoms with Crippen molar-refractivity contribution in [1.29, 1.82) is 0 Å². The first-order valence-corrected chi connectivity index (χ1v) is 16.7. The highest BCUT2D eigenvalue weighted by atomic mass is 16.3. The van der Waals surface area contributed by atoms with E-state index in [0.717, 1.165) is 49.3 Å². The molecule has 0 radical (unpaired) electrons. The van der Waals surface area contributed by atoms with E-state index in [1.807, 2.05) is 38.1 Å². The molecule has 1 amide bonds. The number of aromatic nitrogens is 5. The molecule has 0 spiro atoms. The summed E-state index contributed by atoms with van der Waals surface area (Å²) in [5.41, 5.74) is 9.20. The van der Waals surface area contributed by atoms with Gasteiger partial charge in [0.15, 0.2) is 11.2 Å². The van der Waals surface area contributed by atoms with Gasteiger partial charge in [0.1, 0.15) is 5.58 Å². The van der Waals surface area contributed by atoms with Crippen LogP contribution in [0.25, 0.3) is 33.7 Å². The lowest BCUT2D eigenvalue weighted by Gasteiger charge is -2.29. The Balaban J connectivity index is 0.956. The van der Waals surface area contributed by atoms with Gasteiger partial charge < -0.3 is 14.3 Å². The molecule has 0 aliphatic carbocycles. The van der Waals surface area contributed by atoms with Gasteiger partial charge in [-0.1, -0.05) is 30.3 Å². The van der Waals surface area contributed by atoms with Crippen LogP contribution in [0.5, 0.6) is 0 Å². The highest BCUT2D eigenvalue weighted by Crippen LogP contribution is 2.30. The van der Waals surface area contributed by atoms with Crippen LogP contribution in [0, 0.1) is 13.8 Å². The maximum Gasteiger partial charge on any atom is 0.291 e. The zero-order chi connectivity index (χ0) is 34.2. The van der Waals surface area contributed by atoms with Crippen molar-refractivity contribution in [1.82, 2.24) is 29.7 Å². The molecule has 0 saturated carbocycles. The number of benzene rings is 4. The third-order valence-corrected chi connectivity index (χ3v) is 9.46. The van der Waals surface area contributed by atoms with Gasteiger partial charge in [-0.2, -0.15) is 0 Å². The Morgan fingerprint density at radius 2 is 1.64 bits per heavy atom. The number of fused-ring (bicyclic) bond motifs is 2. The fourth-order valence-corrected chi connectivity index (χ4v) is 6.48. The molecule has 8 rings (SSSR count). The number of rotatable bonds is 8. The van der Waals surface area contributed by atoms with Gasteiger partial charge in [-0.25, -0.2) is 0 Å². The zero-order valence-electron chi connectivity index (χ0n) is 27.8. The first-order valence-electron chi connectivity index (χ1n) is 16.7. The van der Waals surface area contributed by atoms with Crippen LogP contribution in [-0.2, 0) is 19.4 Å². The fourth-order valence-electron chi connectivity index (χ4n) is 6.48. The Morgan fingerprint density at radius 3 is 2.48 bits per heavy atom. The molecule has 4 aromatic carbocycles. The van der Waals surface area contributed by atoms with Crippen molar-refractivity contribution >= 4 is 22.6 Å². The minimum Gasteiger partial charge on any atom is -0.451 e. The van der Waals surface area contributed by atoms with Crippen molar-refractivity contribution in [3.8, 4) is 22.8 Å². The standard InChI is InChI=1S/C40H35N7O3/c1-26-21-34(35(22-27(26)2)41-40(49)38-24-36(48)33-7-3-4-8-37(33)50-38)39-42-44-47(43-39)31-12-9-28(10-13-31)15-19-45-20-16-29-11-14-32(23-30(29)25-45)46-17-5-6-18-46/h3-14,17-18,21-24H,15-16,19-20,25H2,1-2H3,(H,41,49). The molecule has 0 atom stereocenters. The van der Waals surface area contributed by atoms with Crippen LogP contribution in [0.4, 0.5) is 5.69 Å². The molecule has 7 aromatic rings. The Bertz CT molecular complexity index is 2410. The van der Waals surface area contributed by atoms with Crippen LogP contribution >= 0.6 is 0 Å². The van der Waals surface area contributed by atoms with E-state index in [4.69, 9.17) is 4.42 Å². The molecule has 0 saturated heterocycles. The Labute approximate surface area is 288 Å². The topological polar surface area (TPSA) is 111 Å². The highest BCUT2D eigenvalue weighted by Gasteiger charge is 2.20. The van der Waals surface area contributed by atoms with Gasteiger partial charge in [-0.3, -0.25) is 14.5 Å². The van der Waals surface area contributed by atoms with E-state index in [-0.39, 0.29) is 11.2 Å². The minimum atomic E-state index is -0.546. The fraction of sp³-hybridized carbons (Fsp3) is 0.175. The van der Waals surface area contributed by atoms with Crippen molar-refractivity contribution in [3.63, 3.8) is 0 Å². The van der Waals surface area contributed by atoms with Crippen molar-refractivity contribution in [3.05, 3.63) is 153 Å². The number of hydrogen-bond acceptors (Lipinski definition) is 7. The zero-order valence-corrected chi connectivity index (χ0v) is 27.8. The molecule has 0 unspecified atom stereocenters. The van der Waals surface area contributed by atoms with Gasteiger partial charge >= 0.3 is 0 Å². The van der Waals surface area contributed by atoms with Crippen LogP contribution in [0.3, 0.4) is 0 Å². The van der Waals surface area contributed by atoms with Gasteiger partial charge in [0.05, 0.1) is 16.8 Å². The molecule has 50 heavy (non-hydrogen) atoms. The normalized spacial score (nSPS) is 13.0. The van der Waals surface area contributed by atoms with E-state index in [1.54, 1.807) is 24.3 Å². The Morgan fingerprint density at radius 1 is 0.860 bits per heavy atom. The van der Waals surface area contributed by atoms with E-state index in [9.17, 15) is 9.59 Å². The third kappa shape index (κ3) is 6.24. The molecule has 10 nitrogen and oxygen atoms in total. The lowest BCUT2D eigenvalue weighted by atomic mass is 9.98. The van der Waals surface area contributed by atoms with Crippen molar-refractivity contribution in [2.75, 3.05) is 18.4 Å². The van der Waals surface area contributed by atoms with Gasteiger partial charge in [-0.05, 0) is 120 Å². The Kier molecular flexibility index (Phi) is 8.14. The number of aryl methyl sites for hydroxylation is 2. The quantitative estimate of drug-likeness (QED) is 0.193. The minimum absolute atomic E-state index is 0.0818. The summed E-state index contributed by atoms with van der Waals surface area (Å²) in [6.07, 6.45) is 6.16. The van der Waals surface area contributed by atoms with Crippen molar-refractivity contribution in [2.24, 2.45) is 0 Å². The summed E-state index contributed by atoms with van der Waals surface area (Å²) in [4.78, 5) is 29.9. The number of amides is 1. The first-order chi connectivity index (χ1) is 24.4. The molecule has 1 aliphatic rings. The second-order valence-electron chi connectivity index (χ2n) is 12.8. The molecule has 4 heterocycles. The summed E-state index contributed by atoms with van der Waals surface area (Å²) in [5, 5.41) is 16.7. The molecule has 0 fully saturated rings. The SMILES string of the molecule is Cc1cc(NC(=O)c2cc(=O)c3ccccc3o2)c(-c2nnn(-c3ccc(CCN4CCc5ccc(-n6cccc6)cc5C4)cc3)n2)cc1C. The van der Waals surface area contributed by atoms with Gasteiger partial charge in [0.2, 0.25) is 5.82 Å². The summed E-state index contributed by atoms with van der Waals surface area (Å²) in [6, 6.07) is 31.0. The van der Waals surface area contributed by atoms with Crippen LogP contribution in [0.2, 0.25) is 0 Å². The number of anilines is 1. The Hall–Kier alpha value is -6.13. The van der Waals surface area contributed by atoms with Crippen molar-refractivity contribution in [2.45, 2.75) is 33.2 Å². The van der Waals surface area contributed by atoms with E-state index in [0.29, 0.717) is 28.0 Å². The van der Waals surface area contributed by atoms with E-state index in [1.165, 1.54) is 33.2 Å². The van der Waals surface area contributed by atoms with Crippen LogP contribution in [0.1, 0.15) is 38.4 Å². The summed E-state index contributed by atoms with van der Waals surface area (Å²) in [6.45, 7) is 6.92. The van der Waals surface area contributed by atoms with Gasteiger partial charge in [-0.15, -0.1) is 15.0 Å². The molecule has 248 valence electrons. The number of carbonyl (C=O) groups excluding carboxylic acids is 1. The molecule has 3 aromatic heterocycles. The number of para-hydroxylation sites is 1. The van der Waals surface area contributed by atoms with Crippen molar-refractivity contribution < 1.29 is 9.21 Å². The van der Waals surface area contributed by atoms with Gasteiger partial charge in [0, 0.05) is 49.3 Å². The van der Waals surface area contributed by atoms with Gasteiger partial charge in [0.25, 0.3) is 5.91 Å². The summed E-state index contributed by atoms with van der Waals surface area (Å²) in [5.74, 6) is -0.268. The van der Waals surface area contributed by atoms with Crippen LogP contribution < -0.4 is 10.7 Å². The molecular formula is C40H35N7O3. The molecule has 1 aliphatic heterocycles. The first kappa shape index (κ1) is 31.2. The van der Waals surface area contributed by atoms with Crippen LogP contribution in [0.15, 0.2) is 119 Å². The van der Waals surface area contributed by atoms with E-state index >= 15 is 0 Å². The second kappa shape index (κ2) is 13.1. The van der Waals surface area contributed by atoms with E-state index < -0.39 is 5.91 Å². The monoisotopic (exact) mass is 661 g/mol. The van der Waals surface area contributed by atoms with E-state index in [2.05, 4.69) is 85.1 Å². The van der Waals surface area contributed by atoms with Crippen LogP contribution in [-0.4, -0.2) is 48.7 Å². The summed E-state index contributed by atoms with van der Waals surface area (Å²) >= 11 is 0. The third-order valence-electron chi connectivity index (χ3n) is 9.46. The number of nitrogens with zero attached hydrogens (tertiary/aromatic N) is 6. The second-order valence-corrected chi connectivity index (χ2v) is 12.8. The molecule has 1 N–H and O–H groups in total. The average molecular weight is 662 g/mol. The molecular weight excluding hydrogens is 626 g/mol. The maximum atomic E-state index is 13.3. The lowest BCUT2D eigenvalue weighted by molar-refractivity contribution is 0.0997. The highest BCUT2D eigenvalue weighted by molar-refractivity contribution is 6.05. The number of carbonyl (C=O) groups is 1. The smallest absolute Gasteiger partial charge is 0.291 e. The average Bonchev–Trinajstić information content (AvgIpc) is 3.86. The number of nitrogens with one attached hydrogen (secondary N) is 1. The summed E-state index contributed by atoms with van der Waals surface area (Å²) < 4.78 is 7.92. The summed E-state index contributed by atoms with van der Waals surface area (Å²) in [7, 11) is 0. The lowest BCUT2D eigenvalue weighted by Crippen LogP contribution is -2.32. The molecule has 10 heteroatoms. The predicted octanol–water partition coefficient (Wildman–Crippen LogP) is 6.70. The maximum absolute atomic E-state index is 13.3. The number of hydrogen-bond donors (Lipinski definition) is 1. The number of tetrazole rings is 1. The predicted molar refractivity (Wildman–Crippen MR) is 193 cm³/mol.